The van der Waals surface area contributed by atoms with E-state index in [0.717, 1.165) is 24.0 Å². The summed E-state index contributed by atoms with van der Waals surface area (Å²) in [4.78, 5) is 0.323. The van der Waals surface area contributed by atoms with Crippen LogP contribution in [0.3, 0.4) is 0 Å². The number of hydrogen-bond donors (Lipinski definition) is 1. The van der Waals surface area contributed by atoms with Crippen LogP contribution in [0, 0.1) is 0 Å². The van der Waals surface area contributed by atoms with Gasteiger partial charge in [-0.05, 0) is 24.1 Å². The molecule has 0 unspecified atom stereocenters. The lowest BCUT2D eigenvalue weighted by atomic mass is 10.1. The van der Waals surface area contributed by atoms with Crippen molar-refractivity contribution in [2.75, 3.05) is 7.05 Å². The van der Waals surface area contributed by atoms with Gasteiger partial charge in [-0.1, -0.05) is 25.5 Å². The van der Waals surface area contributed by atoms with Gasteiger partial charge in [-0.15, -0.1) is 0 Å². The quantitative estimate of drug-likeness (QED) is 0.887. The van der Waals surface area contributed by atoms with Crippen LogP contribution in [-0.4, -0.2) is 30.0 Å². The Balaban J connectivity index is 2.16. The van der Waals surface area contributed by atoms with Crippen LogP contribution in [0.1, 0.15) is 24.5 Å². The number of H-pyrrole nitrogens is 1. The van der Waals surface area contributed by atoms with Crippen molar-refractivity contribution >= 4 is 10.0 Å². The van der Waals surface area contributed by atoms with E-state index in [2.05, 4.69) is 17.1 Å². The minimum Gasteiger partial charge on any atom is -0.285 e. The number of nitrogens with zero attached hydrogens (tertiary/aromatic N) is 2. The Morgan fingerprint density at radius 1 is 1.20 bits per heavy atom. The second-order valence-electron chi connectivity index (χ2n) is 4.76. The van der Waals surface area contributed by atoms with Crippen molar-refractivity contribution in [2.24, 2.45) is 0 Å². The first-order chi connectivity index (χ1) is 9.54. The highest BCUT2D eigenvalue weighted by atomic mass is 32.2. The molecule has 2 aromatic rings. The lowest BCUT2D eigenvalue weighted by Gasteiger charge is -2.16. The minimum atomic E-state index is -3.46. The van der Waals surface area contributed by atoms with Crippen LogP contribution in [0.15, 0.2) is 41.6 Å². The molecule has 0 radical (unpaired) electrons. The van der Waals surface area contributed by atoms with E-state index in [0.29, 0.717) is 11.4 Å². The first-order valence-electron chi connectivity index (χ1n) is 6.57. The van der Waals surface area contributed by atoms with Crippen molar-refractivity contribution < 1.29 is 8.42 Å². The van der Waals surface area contributed by atoms with Crippen molar-refractivity contribution in [3.8, 4) is 0 Å². The van der Waals surface area contributed by atoms with Gasteiger partial charge in [0.15, 0.2) is 0 Å². The summed E-state index contributed by atoms with van der Waals surface area (Å²) < 4.78 is 26.2. The highest BCUT2D eigenvalue weighted by Gasteiger charge is 2.20. The zero-order chi connectivity index (χ0) is 14.6. The molecule has 2 rings (SSSR count). The summed E-state index contributed by atoms with van der Waals surface area (Å²) in [5, 5.41) is 6.49. The molecule has 20 heavy (non-hydrogen) atoms. The molecule has 0 saturated carbocycles. The first kappa shape index (κ1) is 14.7. The van der Waals surface area contributed by atoms with Crippen molar-refractivity contribution in [2.45, 2.75) is 31.2 Å². The van der Waals surface area contributed by atoms with Crippen LogP contribution in [0.25, 0.3) is 0 Å². The lowest BCUT2D eigenvalue weighted by molar-refractivity contribution is 0.467. The number of sulfonamides is 1. The summed E-state index contributed by atoms with van der Waals surface area (Å²) in [6.07, 6.45) is 5.32. The molecule has 0 bridgehead atoms. The van der Waals surface area contributed by atoms with Gasteiger partial charge in [-0.2, -0.15) is 9.40 Å². The van der Waals surface area contributed by atoms with Crippen LogP contribution in [0.5, 0.6) is 0 Å². The van der Waals surface area contributed by atoms with Crippen molar-refractivity contribution in [1.29, 1.82) is 0 Å². The fourth-order valence-electron chi connectivity index (χ4n) is 2.00. The van der Waals surface area contributed by atoms with E-state index in [9.17, 15) is 8.42 Å². The van der Waals surface area contributed by atoms with E-state index in [-0.39, 0.29) is 0 Å². The first-order valence-corrected chi connectivity index (χ1v) is 8.01. The Hall–Kier alpha value is -1.66. The van der Waals surface area contributed by atoms with Gasteiger partial charge in [0, 0.05) is 25.4 Å². The average Bonchev–Trinajstić information content (AvgIpc) is 2.92. The predicted octanol–water partition coefficient (Wildman–Crippen LogP) is 2.18. The number of hydrogen-bond acceptors (Lipinski definition) is 3. The number of rotatable bonds is 6. The monoisotopic (exact) mass is 293 g/mol. The Morgan fingerprint density at radius 2 is 1.90 bits per heavy atom. The van der Waals surface area contributed by atoms with Gasteiger partial charge in [-0.25, -0.2) is 8.42 Å². The molecule has 1 N–H and O–H groups in total. The summed E-state index contributed by atoms with van der Waals surface area (Å²) in [6, 6.07) is 7.10. The molecule has 0 aliphatic rings. The summed E-state index contributed by atoms with van der Waals surface area (Å²) in [6.45, 7) is 2.40. The Labute approximate surface area is 119 Å². The topological polar surface area (TPSA) is 66.1 Å². The molecule has 6 heteroatoms. The second kappa shape index (κ2) is 6.19. The van der Waals surface area contributed by atoms with Gasteiger partial charge in [0.25, 0.3) is 0 Å². The van der Waals surface area contributed by atoms with Gasteiger partial charge >= 0.3 is 0 Å². The molecule has 1 aromatic heterocycles. The smallest absolute Gasteiger partial charge is 0.243 e. The molecular formula is C14H19N3O2S. The fraction of sp³-hybridized carbons (Fsp3) is 0.357. The van der Waals surface area contributed by atoms with Crippen LogP contribution in [0.2, 0.25) is 0 Å². The lowest BCUT2D eigenvalue weighted by Crippen LogP contribution is -2.26. The number of nitrogens with one attached hydrogen (secondary N) is 1. The molecule has 5 nitrogen and oxygen atoms in total. The third-order valence-corrected chi connectivity index (χ3v) is 4.95. The van der Waals surface area contributed by atoms with E-state index in [1.807, 2.05) is 12.1 Å². The Morgan fingerprint density at radius 3 is 2.45 bits per heavy atom. The normalized spacial score (nSPS) is 11.9. The standard InChI is InChI=1S/C14H19N3O2S/c1-3-4-12-5-7-14(8-6-12)20(18,19)17(2)11-13-9-15-16-10-13/h5-10H,3-4,11H2,1-2H3,(H,15,16). The molecule has 0 fully saturated rings. The zero-order valence-electron chi connectivity index (χ0n) is 11.7. The Bertz CT molecular complexity index is 634. The third-order valence-electron chi connectivity index (χ3n) is 3.13. The summed E-state index contributed by atoms with van der Waals surface area (Å²) >= 11 is 0. The molecule has 0 saturated heterocycles. The fourth-order valence-corrected chi connectivity index (χ4v) is 3.16. The van der Waals surface area contributed by atoms with E-state index in [1.54, 1.807) is 31.6 Å². The summed E-state index contributed by atoms with van der Waals surface area (Å²) in [5.41, 5.74) is 1.99. The van der Waals surface area contributed by atoms with Crippen molar-refractivity contribution in [3.63, 3.8) is 0 Å². The predicted molar refractivity (Wildman–Crippen MR) is 77.7 cm³/mol. The molecule has 0 amide bonds. The average molecular weight is 293 g/mol. The number of aryl methyl sites for hydroxylation is 1. The van der Waals surface area contributed by atoms with E-state index in [4.69, 9.17) is 0 Å². The van der Waals surface area contributed by atoms with Crippen molar-refractivity contribution in [3.05, 3.63) is 47.8 Å². The van der Waals surface area contributed by atoms with E-state index < -0.39 is 10.0 Å². The summed E-state index contributed by atoms with van der Waals surface area (Å²) in [7, 11) is -1.88. The number of aromatic amines is 1. The maximum absolute atomic E-state index is 12.4. The Kier molecular flexibility index (Phi) is 4.57. The largest absolute Gasteiger partial charge is 0.285 e. The second-order valence-corrected chi connectivity index (χ2v) is 6.81. The van der Waals surface area contributed by atoms with Crippen LogP contribution in [0.4, 0.5) is 0 Å². The van der Waals surface area contributed by atoms with E-state index in [1.165, 1.54) is 4.31 Å². The third kappa shape index (κ3) is 3.26. The molecule has 0 spiro atoms. The van der Waals surface area contributed by atoms with Crippen LogP contribution in [-0.2, 0) is 23.0 Å². The number of aromatic nitrogens is 2. The highest BCUT2D eigenvalue weighted by Crippen LogP contribution is 2.17. The van der Waals surface area contributed by atoms with Crippen LogP contribution < -0.4 is 0 Å². The van der Waals surface area contributed by atoms with Gasteiger partial charge in [0.1, 0.15) is 0 Å². The molecule has 1 heterocycles. The number of benzene rings is 1. The van der Waals surface area contributed by atoms with Crippen molar-refractivity contribution in [1.82, 2.24) is 14.5 Å². The summed E-state index contributed by atoms with van der Waals surface area (Å²) in [5.74, 6) is 0. The van der Waals surface area contributed by atoms with Gasteiger partial charge < -0.3 is 0 Å². The molecule has 0 aliphatic heterocycles. The maximum Gasteiger partial charge on any atom is 0.243 e. The maximum atomic E-state index is 12.4. The molecule has 108 valence electrons. The van der Waals surface area contributed by atoms with Gasteiger partial charge in [0.05, 0.1) is 11.1 Å². The minimum absolute atomic E-state index is 0.301. The van der Waals surface area contributed by atoms with Gasteiger partial charge in [0.2, 0.25) is 10.0 Å². The zero-order valence-corrected chi connectivity index (χ0v) is 12.5. The molecule has 1 aromatic carbocycles. The van der Waals surface area contributed by atoms with E-state index >= 15 is 0 Å². The molecular weight excluding hydrogens is 274 g/mol. The molecule has 0 aliphatic carbocycles. The highest BCUT2D eigenvalue weighted by molar-refractivity contribution is 7.89. The van der Waals surface area contributed by atoms with Gasteiger partial charge in [-0.3, -0.25) is 5.10 Å². The van der Waals surface area contributed by atoms with Crippen LogP contribution >= 0.6 is 0 Å². The molecule has 0 atom stereocenters. The SMILES string of the molecule is CCCc1ccc(S(=O)(=O)N(C)Cc2cn[nH]c2)cc1.